The predicted molar refractivity (Wildman–Crippen MR) is 84.8 cm³/mol. The first kappa shape index (κ1) is 15.7. The summed E-state index contributed by atoms with van der Waals surface area (Å²) in [5.74, 6) is -0.152. The highest BCUT2D eigenvalue weighted by molar-refractivity contribution is 5.94. The number of carbonyl (C=O) groups excluding carboxylic acids is 1. The molecule has 114 valence electrons. The van der Waals surface area contributed by atoms with Crippen LogP contribution in [0.25, 0.3) is 0 Å². The molecule has 0 spiro atoms. The maximum atomic E-state index is 12.4. The number of nitrogens with zero attached hydrogens (tertiary/aromatic N) is 2. The van der Waals surface area contributed by atoms with Gasteiger partial charge in [-0.1, -0.05) is 24.3 Å². The summed E-state index contributed by atoms with van der Waals surface area (Å²) in [5.41, 5.74) is 3.18. The molecule has 1 amide bonds. The van der Waals surface area contributed by atoms with Gasteiger partial charge in [0.15, 0.2) is 0 Å². The van der Waals surface area contributed by atoms with Crippen LogP contribution in [-0.4, -0.2) is 22.8 Å². The van der Waals surface area contributed by atoms with Gasteiger partial charge in [0, 0.05) is 30.8 Å². The van der Waals surface area contributed by atoms with Gasteiger partial charge in [0.2, 0.25) is 0 Å². The fourth-order valence-corrected chi connectivity index (χ4v) is 2.33. The van der Waals surface area contributed by atoms with Crippen molar-refractivity contribution in [3.8, 4) is 0 Å². The molecule has 5 nitrogen and oxygen atoms in total. The summed E-state index contributed by atoms with van der Waals surface area (Å²) in [5, 5.41) is 10.8. The van der Waals surface area contributed by atoms with Crippen LogP contribution in [0.2, 0.25) is 0 Å². The largest absolute Gasteiger partial charge is 0.337 e. The van der Waals surface area contributed by atoms with Crippen molar-refractivity contribution in [2.24, 2.45) is 0 Å². The Labute approximate surface area is 129 Å². The topological polar surface area (TPSA) is 63.5 Å². The van der Waals surface area contributed by atoms with Crippen LogP contribution in [0.15, 0.2) is 42.5 Å². The SMILES string of the molecule is Cc1ccccc1CN(C)C(=O)c1ccc([N+](=O)[O-])c(C)c1. The molecule has 0 bridgehead atoms. The van der Waals surface area contributed by atoms with E-state index in [2.05, 4.69) is 0 Å². The summed E-state index contributed by atoms with van der Waals surface area (Å²) in [6.07, 6.45) is 0. The van der Waals surface area contributed by atoms with Crippen LogP contribution in [0, 0.1) is 24.0 Å². The van der Waals surface area contributed by atoms with E-state index < -0.39 is 4.92 Å². The van der Waals surface area contributed by atoms with Gasteiger partial charge in [-0.3, -0.25) is 14.9 Å². The van der Waals surface area contributed by atoms with E-state index in [9.17, 15) is 14.9 Å². The summed E-state index contributed by atoms with van der Waals surface area (Å²) in [4.78, 5) is 24.4. The molecule has 0 aliphatic carbocycles. The van der Waals surface area contributed by atoms with E-state index in [1.807, 2.05) is 31.2 Å². The summed E-state index contributed by atoms with van der Waals surface area (Å²) in [6.45, 7) is 4.14. The molecule has 0 unspecified atom stereocenters. The Morgan fingerprint density at radius 1 is 1.14 bits per heavy atom. The Bertz CT molecular complexity index is 726. The number of rotatable bonds is 4. The number of aryl methyl sites for hydroxylation is 2. The lowest BCUT2D eigenvalue weighted by molar-refractivity contribution is -0.385. The van der Waals surface area contributed by atoms with Crippen LogP contribution < -0.4 is 0 Å². The van der Waals surface area contributed by atoms with Crippen LogP contribution >= 0.6 is 0 Å². The van der Waals surface area contributed by atoms with Gasteiger partial charge in [0.05, 0.1) is 4.92 Å². The molecule has 2 aromatic carbocycles. The van der Waals surface area contributed by atoms with Gasteiger partial charge >= 0.3 is 0 Å². The number of nitro benzene ring substituents is 1. The average molecular weight is 298 g/mol. The predicted octanol–water partition coefficient (Wildman–Crippen LogP) is 3.48. The Hall–Kier alpha value is -2.69. The van der Waals surface area contributed by atoms with E-state index >= 15 is 0 Å². The van der Waals surface area contributed by atoms with Crippen LogP contribution in [0.4, 0.5) is 5.69 Å². The van der Waals surface area contributed by atoms with Crippen molar-refractivity contribution in [2.75, 3.05) is 7.05 Å². The molecule has 0 aliphatic heterocycles. The molecule has 2 aromatic rings. The van der Waals surface area contributed by atoms with E-state index in [0.717, 1.165) is 11.1 Å². The van der Waals surface area contributed by atoms with Crippen LogP contribution in [0.5, 0.6) is 0 Å². The number of nitro groups is 1. The van der Waals surface area contributed by atoms with E-state index in [4.69, 9.17) is 0 Å². The molecular weight excluding hydrogens is 280 g/mol. The molecule has 5 heteroatoms. The standard InChI is InChI=1S/C17H18N2O3/c1-12-6-4-5-7-15(12)11-18(3)17(20)14-8-9-16(19(21)22)13(2)10-14/h4-10H,11H2,1-3H3. The zero-order valence-corrected chi connectivity index (χ0v) is 12.9. The third-order valence-corrected chi connectivity index (χ3v) is 3.66. The Kier molecular flexibility index (Phi) is 4.56. The minimum Gasteiger partial charge on any atom is -0.337 e. The van der Waals surface area contributed by atoms with Gasteiger partial charge in [-0.15, -0.1) is 0 Å². The molecule has 0 aliphatic rings. The highest BCUT2D eigenvalue weighted by atomic mass is 16.6. The number of hydrogen-bond acceptors (Lipinski definition) is 3. The number of carbonyl (C=O) groups is 1. The van der Waals surface area contributed by atoms with Gasteiger partial charge in [0.1, 0.15) is 0 Å². The van der Waals surface area contributed by atoms with Crippen molar-refractivity contribution in [2.45, 2.75) is 20.4 Å². The lowest BCUT2D eigenvalue weighted by Gasteiger charge is -2.18. The second kappa shape index (κ2) is 6.39. The molecule has 0 N–H and O–H groups in total. The van der Waals surface area contributed by atoms with Crippen molar-refractivity contribution >= 4 is 11.6 Å². The second-order valence-electron chi connectivity index (χ2n) is 5.35. The molecule has 0 heterocycles. The van der Waals surface area contributed by atoms with Gasteiger partial charge in [-0.25, -0.2) is 0 Å². The van der Waals surface area contributed by atoms with E-state index in [1.165, 1.54) is 12.1 Å². The van der Waals surface area contributed by atoms with Crippen LogP contribution in [0.3, 0.4) is 0 Å². The summed E-state index contributed by atoms with van der Waals surface area (Å²) >= 11 is 0. The van der Waals surface area contributed by atoms with Crippen molar-refractivity contribution in [1.82, 2.24) is 4.90 Å². The molecule has 0 atom stereocenters. The maximum Gasteiger partial charge on any atom is 0.272 e. The molecule has 0 fully saturated rings. The normalized spacial score (nSPS) is 10.3. The van der Waals surface area contributed by atoms with E-state index in [1.54, 1.807) is 24.9 Å². The zero-order chi connectivity index (χ0) is 16.3. The van der Waals surface area contributed by atoms with Gasteiger partial charge in [0.25, 0.3) is 11.6 Å². The van der Waals surface area contributed by atoms with Crippen LogP contribution in [0.1, 0.15) is 27.0 Å². The summed E-state index contributed by atoms with van der Waals surface area (Å²) in [7, 11) is 1.73. The van der Waals surface area contributed by atoms with Gasteiger partial charge < -0.3 is 4.90 Å². The number of amides is 1. The first-order valence-corrected chi connectivity index (χ1v) is 6.95. The molecule has 2 rings (SSSR count). The fraction of sp³-hybridized carbons (Fsp3) is 0.235. The Morgan fingerprint density at radius 3 is 2.41 bits per heavy atom. The molecular formula is C17H18N2O3. The zero-order valence-electron chi connectivity index (χ0n) is 12.9. The molecule has 0 saturated carbocycles. The Morgan fingerprint density at radius 2 is 1.82 bits per heavy atom. The van der Waals surface area contributed by atoms with Crippen molar-refractivity contribution < 1.29 is 9.72 Å². The minimum absolute atomic E-state index is 0.0260. The van der Waals surface area contributed by atoms with Crippen molar-refractivity contribution in [3.05, 3.63) is 74.8 Å². The van der Waals surface area contributed by atoms with Crippen LogP contribution in [-0.2, 0) is 6.54 Å². The molecule has 0 radical (unpaired) electrons. The summed E-state index contributed by atoms with van der Waals surface area (Å²) in [6, 6.07) is 12.3. The average Bonchev–Trinajstić information content (AvgIpc) is 2.48. The van der Waals surface area contributed by atoms with E-state index in [0.29, 0.717) is 17.7 Å². The minimum atomic E-state index is -0.444. The first-order chi connectivity index (χ1) is 10.4. The lowest BCUT2D eigenvalue weighted by atomic mass is 10.1. The monoisotopic (exact) mass is 298 g/mol. The van der Waals surface area contributed by atoms with Gasteiger partial charge in [-0.05, 0) is 37.1 Å². The Balaban J connectivity index is 2.19. The fourth-order valence-electron chi connectivity index (χ4n) is 2.33. The highest BCUT2D eigenvalue weighted by Crippen LogP contribution is 2.20. The summed E-state index contributed by atoms with van der Waals surface area (Å²) < 4.78 is 0. The number of benzene rings is 2. The number of hydrogen-bond donors (Lipinski definition) is 0. The van der Waals surface area contributed by atoms with Crippen molar-refractivity contribution in [3.63, 3.8) is 0 Å². The van der Waals surface area contributed by atoms with Gasteiger partial charge in [-0.2, -0.15) is 0 Å². The smallest absolute Gasteiger partial charge is 0.272 e. The molecule has 0 aromatic heterocycles. The maximum absolute atomic E-state index is 12.4. The van der Waals surface area contributed by atoms with Crippen molar-refractivity contribution in [1.29, 1.82) is 0 Å². The molecule has 22 heavy (non-hydrogen) atoms. The third-order valence-electron chi connectivity index (χ3n) is 3.66. The first-order valence-electron chi connectivity index (χ1n) is 6.95. The highest BCUT2D eigenvalue weighted by Gasteiger charge is 2.17. The molecule has 0 saturated heterocycles. The lowest BCUT2D eigenvalue weighted by Crippen LogP contribution is -2.26. The quantitative estimate of drug-likeness (QED) is 0.641. The van der Waals surface area contributed by atoms with E-state index in [-0.39, 0.29) is 11.6 Å². The second-order valence-corrected chi connectivity index (χ2v) is 5.35. The third kappa shape index (κ3) is 3.31.